The van der Waals surface area contributed by atoms with Gasteiger partial charge in [0.2, 0.25) is 5.91 Å². The van der Waals surface area contributed by atoms with Crippen LogP contribution in [0.1, 0.15) is 35.6 Å². The molecule has 2 aromatic carbocycles. The minimum Gasteiger partial charge on any atom is -0.481 e. The van der Waals surface area contributed by atoms with E-state index in [1.807, 2.05) is 61.5 Å². The van der Waals surface area contributed by atoms with Crippen molar-refractivity contribution in [2.24, 2.45) is 0 Å². The summed E-state index contributed by atoms with van der Waals surface area (Å²) >= 11 is 3.42. The highest BCUT2D eigenvalue weighted by Gasteiger charge is 2.30. The van der Waals surface area contributed by atoms with E-state index in [-0.39, 0.29) is 24.8 Å². The summed E-state index contributed by atoms with van der Waals surface area (Å²) in [7, 11) is 0. The number of aryl methyl sites for hydroxylation is 1. The fraction of sp³-hybridized carbons (Fsp3) is 0.200. The Morgan fingerprint density at radius 1 is 1.08 bits per heavy atom. The molecule has 0 saturated heterocycles. The van der Waals surface area contributed by atoms with Gasteiger partial charge in [-0.15, -0.1) is 0 Å². The number of nitrogens with zero attached hydrogens (tertiary/aromatic N) is 1. The van der Waals surface area contributed by atoms with Crippen molar-refractivity contribution in [3.8, 4) is 0 Å². The first-order valence-electron chi connectivity index (χ1n) is 8.29. The maximum Gasteiger partial charge on any atom is 0.303 e. The molecule has 2 aromatic rings. The minimum atomic E-state index is -0.982. The second-order valence-electron chi connectivity index (χ2n) is 6.21. The summed E-state index contributed by atoms with van der Waals surface area (Å²) in [5.41, 5.74) is 7.08. The Bertz CT molecular complexity index is 844. The van der Waals surface area contributed by atoms with Gasteiger partial charge in [0.1, 0.15) is 0 Å². The van der Waals surface area contributed by atoms with Crippen LogP contribution in [0.5, 0.6) is 0 Å². The monoisotopic (exact) mass is 414 g/mol. The van der Waals surface area contributed by atoms with Gasteiger partial charge in [0.15, 0.2) is 0 Å². The molecule has 5 nitrogen and oxygen atoms in total. The van der Waals surface area contributed by atoms with Crippen molar-refractivity contribution in [2.45, 2.75) is 25.8 Å². The molecule has 0 aromatic heterocycles. The Hall–Kier alpha value is -2.60. The van der Waals surface area contributed by atoms with Crippen LogP contribution in [0.2, 0.25) is 0 Å². The van der Waals surface area contributed by atoms with Crippen LogP contribution >= 0.6 is 15.9 Å². The lowest BCUT2D eigenvalue weighted by molar-refractivity contribution is -0.142. The molecule has 1 aliphatic rings. The molecular weight excluding hydrogens is 396 g/mol. The Labute approximate surface area is 160 Å². The fourth-order valence-electron chi connectivity index (χ4n) is 2.82. The molecule has 0 fully saturated rings. The molecule has 0 saturated carbocycles. The number of nitrogens with one attached hydrogen (secondary N) is 1. The first-order chi connectivity index (χ1) is 12.4. The first kappa shape index (κ1) is 18.2. The smallest absolute Gasteiger partial charge is 0.303 e. The van der Waals surface area contributed by atoms with Gasteiger partial charge in [-0.25, -0.2) is 5.01 Å². The number of carboxylic acids is 1. The average Bonchev–Trinajstić information content (AvgIpc) is 3.06. The highest BCUT2D eigenvalue weighted by atomic mass is 79.9. The van der Waals surface area contributed by atoms with Crippen LogP contribution < -0.4 is 5.43 Å². The van der Waals surface area contributed by atoms with E-state index in [4.69, 9.17) is 5.11 Å². The van der Waals surface area contributed by atoms with Gasteiger partial charge >= 0.3 is 5.97 Å². The molecule has 134 valence electrons. The second-order valence-corrected chi connectivity index (χ2v) is 7.13. The summed E-state index contributed by atoms with van der Waals surface area (Å²) in [5.74, 6) is -1.23. The van der Waals surface area contributed by atoms with Crippen LogP contribution in [-0.4, -0.2) is 22.0 Å². The Morgan fingerprint density at radius 3 is 2.35 bits per heavy atom. The number of benzene rings is 2. The van der Waals surface area contributed by atoms with Crippen molar-refractivity contribution in [2.75, 3.05) is 0 Å². The predicted molar refractivity (Wildman–Crippen MR) is 103 cm³/mol. The molecule has 2 N–H and O–H groups in total. The normalized spacial score (nSPS) is 16.2. The van der Waals surface area contributed by atoms with Gasteiger partial charge in [-0.05, 0) is 36.3 Å². The average molecular weight is 415 g/mol. The number of aliphatic carboxylic acids is 1. The number of hydrogen-bond donors (Lipinski definition) is 2. The number of rotatable bonds is 5. The van der Waals surface area contributed by atoms with Gasteiger partial charge < -0.3 is 5.11 Å². The SMILES string of the molecule is Cc1ccc(C2=CC(c3ccc(Br)cc3)N(C(=O)CCC(=O)O)N2)cc1. The lowest BCUT2D eigenvalue weighted by Crippen LogP contribution is -2.39. The lowest BCUT2D eigenvalue weighted by atomic mass is 10.0. The summed E-state index contributed by atoms with van der Waals surface area (Å²) in [4.78, 5) is 23.4. The van der Waals surface area contributed by atoms with Crippen LogP contribution in [0.25, 0.3) is 5.70 Å². The molecule has 1 heterocycles. The number of halogens is 1. The van der Waals surface area contributed by atoms with E-state index < -0.39 is 5.97 Å². The third kappa shape index (κ3) is 4.14. The summed E-state index contributed by atoms with van der Waals surface area (Å²) in [5, 5.41) is 10.4. The summed E-state index contributed by atoms with van der Waals surface area (Å²) in [6, 6.07) is 15.5. The van der Waals surface area contributed by atoms with E-state index in [0.717, 1.165) is 26.9 Å². The second kappa shape index (κ2) is 7.74. The van der Waals surface area contributed by atoms with Crippen molar-refractivity contribution in [1.82, 2.24) is 10.4 Å². The molecule has 26 heavy (non-hydrogen) atoms. The quantitative estimate of drug-likeness (QED) is 0.773. The molecule has 1 atom stereocenters. The van der Waals surface area contributed by atoms with Gasteiger partial charge in [0, 0.05) is 10.9 Å². The lowest BCUT2D eigenvalue weighted by Gasteiger charge is -2.25. The zero-order valence-electron chi connectivity index (χ0n) is 14.3. The highest BCUT2D eigenvalue weighted by Crippen LogP contribution is 2.32. The van der Waals surface area contributed by atoms with E-state index in [1.165, 1.54) is 5.01 Å². The molecule has 0 radical (unpaired) electrons. The molecule has 3 rings (SSSR count). The molecule has 0 spiro atoms. The Kier molecular flexibility index (Phi) is 5.42. The molecule has 1 unspecified atom stereocenters. The largest absolute Gasteiger partial charge is 0.481 e. The van der Waals surface area contributed by atoms with Gasteiger partial charge in [0.05, 0.1) is 18.2 Å². The van der Waals surface area contributed by atoms with Crippen LogP contribution in [0.15, 0.2) is 59.1 Å². The van der Waals surface area contributed by atoms with Crippen molar-refractivity contribution in [3.63, 3.8) is 0 Å². The summed E-state index contributed by atoms with van der Waals surface area (Å²) in [6.07, 6.45) is 1.75. The molecule has 0 aliphatic carbocycles. The van der Waals surface area contributed by atoms with Crippen molar-refractivity contribution < 1.29 is 14.7 Å². The van der Waals surface area contributed by atoms with Gasteiger partial charge in [-0.3, -0.25) is 15.0 Å². The van der Waals surface area contributed by atoms with Crippen LogP contribution in [0.3, 0.4) is 0 Å². The molecule has 6 heteroatoms. The van der Waals surface area contributed by atoms with Gasteiger partial charge in [-0.2, -0.15) is 0 Å². The van der Waals surface area contributed by atoms with Crippen molar-refractivity contribution >= 4 is 33.5 Å². The van der Waals surface area contributed by atoms with Gasteiger partial charge in [0.25, 0.3) is 0 Å². The van der Waals surface area contributed by atoms with Crippen LogP contribution in [0.4, 0.5) is 0 Å². The number of amides is 1. The van der Waals surface area contributed by atoms with Crippen molar-refractivity contribution in [1.29, 1.82) is 0 Å². The number of hydrogen-bond acceptors (Lipinski definition) is 3. The third-order valence-corrected chi connectivity index (χ3v) is 4.77. The highest BCUT2D eigenvalue weighted by molar-refractivity contribution is 9.10. The maximum absolute atomic E-state index is 12.6. The third-order valence-electron chi connectivity index (χ3n) is 4.24. The maximum atomic E-state index is 12.6. The Balaban J connectivity index is 1.90. The molecule has 1 amide bonds. The number of carbonyl (C=O) groups excluding carboxylic acids is 1. The number of hydrazine groups is 1. The van der Waals surface area contributed by atoms with E-state index in [2.05, 4.69) is 21.4 Å². The van der Waals surface area contributed by atoms with E-state index >= 15 is 0 Å². The van der Waals surface area contributed by atoms with E-state index in [1.54, 1.807) is 0 Å². The Morgan fingerprint density at radius 2 is 1.73 bits per heavy atom. The van der Waals surface area contributed by atoms with E-state index in [9.17, 15) is 9.59 Å². The molecule has 0 bridgehead atoms. The molecular formula is C20H19BrN2O3. The standard InChI is InChI=1S/C20H19BrN2O3/c1-13-2-4-14(5-3-13)17-12-18(15-6-8-16(21)9-7-15)23(22-17)19(24)10-11-20(25)26/h2-9,12,18,22H,10-11H2,1H3,(H,25,26). The zero-order chi connectivity index (χ0) is 18.7. The fourth-order valence-corrected chi connectivity index (χ4v) is 3.08. The topological polar surface area (TPSA) is 69.6 Å². The van der Waals surface area contributed by atoms with Crippen LogP contribution in [0, 0.1) is 6.92 Å². The van der Waals surface area contributed by atoms with Crippen LogP contribution in [-0.2, 0) is 9.59 Å². The predicted octanol–water partition coefficient (Wildman–Crippen LogP) is 4.05. The van der Waals surface area contributed by atoms with E-state index in [0.29, 0.717) is 0 Å². The minimum absolute atomic E-state index is 0.0512. The molecule has 1 aliphatic heterocycles. The summed E-state index contributed by atoms with van der Waals surface area (Å²) < 4.78 is 0.957. The summed E-state index contributed by atoms with van der Waals surface area (Å²) in [6.45, 7) is 2.02. The first-order valence-corrected chi connectivity index (χ1v) is 9.08. The van der Waals surface area contributed by atoms with Crippen molar-refractivity contribution in [3.05, 3.63) is 75.8 Å². The van der Waals surface area contributed by atoms with Gasteiger partial charge in [-0.1, -0.05) is 57.9 Å². The number of carbonyl (C=O) groups is 2. The zero-order valence-corrected chi connectivity index (χ0v) is 15.9. The number of carboxylic acid groups (broad SMARTS) is 1.